The molecule has 0 radical (unpaired) electrons. The maximum Gasteiger partial charge on any atom is 0.260 e. The summed E-state index contributed by atoms with van der Waals surface area (Å²) in [6, 6.07) is 6.52. The van der Waals surface area contributed by atoms with Gasteiger partial charge in [0.15, 0.2) is 5.82 Å². The Bertz CT molecular complexity index is 1320. The smallest absolute Gasteiger partial charge is 0.260 e. The van der Waals surface area contributed by atoms with Crippen molar-refractivity contribution in [2.24, 2.45) is 7.05 Å². The zero-order valence-electron chi connectivity index (χ0n) is 20.3. The summed E-state index contributed by atoms with van der Waals surface area (Å²) >= 11 is 0. The summed E-state index contributed by atoms with van der Waals surface area (Å²) in [4.78, 5) is 16.1. The van der Waals surface area contributed by atoms with Crippen molar-refractivity contribution in [3.8, 4) is 17.1 Å². The topological polar surface area (TPSA) is 98.1 Å². The number of fused-ring (bicyclic) bond motifs is 3. The Morgan fingerprint density at radius 1 is 1.11 bits per heavy atom. The number of aryl methyl sites for hydroxylation is 2. The average Bonchev–Trinajstić information content (AvgIpc) is 3.38. The Labute approximate surface area is 202 Å². The van der Waals surface area contributed by atoms with Gasteiger partial charge >= 0.3 is 0 Å². The third-order valence-corrected chi connectivity index (χ3v) is 7.52. The van der Waals surface area contributed by atoms with Gasteiger partial charge in [-0.2, -0.15) is 15.0 Å². The second kappa shape index (κ2) is 7.55. The van der Waals surface area contributed by atoms with Crippen LogP contribution >= 0.6 is 0 Å². The first-order chi connectivity index (χ1) is 16.6. The van der Waals surface area contributed by atoms with Crippen LogP contribution in [-0.4, -0.2) is 48.3 Å². The van der Waals surface area contributed by atoms with E-state index in [0.29, 0.717) is 39.8 Å². The first-order valence-electron chi connectivity index (χ1n) is 11.9. The summed E-state index contributed by atoms with van der Waals surface area (Å²) in [5.41, 5.74) is 2.57. The molecule has 0 aliphatic carbocycles. The van der Waals surface area contributed by atoms with Crippen LogP contribution in [0.15, 0.2) is 24.3 Å². The molecule has 1 N–H and O–H groups in total. The highest BCUT2D eigenvalue weighted by Gasteiger charge is 2.49. The van der Waals surface area contributed by atoms with Gasteiger partial charge in [0.25, 0.3) is 5.91 Å². The number of piperidine rings is 1. The fraction of sp³-hybridized carbons (Fsp3) is 0.480. The van der Waals surface area contributed by atoms with Gasteiger partial charge < -0.3 is 10.1 Å². The van der Waals surface area contributed by atoms with E-state index in [1.165, 1.54) is 15.8 Å². The number of nitrogens with zero attached hydrogens (tertiary/aromatic N) is 6. The third kappa shape index (κ3) is 3.76. The van der Waals surface area contributed by atoms with Crippen LogP contribution in [0.3, 0.4) is 0 Å². The van der Waals surface area contributed by atoms with E-state index in [4.69, 9.17) is 4.74 Å². The zero-order chi connectivity index (χ0) is 24.5. The van der Waals surface area contributed by atoms with Gasteiger partial charge in [-0.15, -0.1) is 10.2 Å². The van der Waals surface area contributed by atoms with Crippen molar-refractivity contribution >= 4 is 11.7 Å². The van der Waals surface area contributed by atoms with Crippen molar-refractivity contribution in [3.63, 3.8) is 0 Å². The van der Waals surface area contributed by atoms with Crippen molar-refractivity contribution < 1.29 is 13.9 Å². The predicted molar refractivity (Wildman–Crippen MR) is 127 cm³/mol. The number of rotatable bonds is 4. The van der Waals surface area contributed by atoms with E-state index in [1.54, 1.807) is 32.2 Å². The summed E-state index contributed by atoms with van der Waals surface area (Å²) in [6.07, 6.45) is 4.17. The highest BCUT2D eigenvalue weighted by Crippen LogP contribution is 2.43. The van der Waals surface area contributed by atoms with Gasteiger partial charge in [-0.05, 0) is 51.8 Å². The third-order valence-electron chi connectivity index (χ3n) is 7.52. The van der Waals surface area contributed by atoms with Crippen LogP contribution < -0.4 is 15.0 Å². The first-order valence-corrected chi connectivity index (χ1v) is 11.9. The molecule has 2 aromatic heterocycles. The number of nitrogens with one attached hydrogen (secondary N) is 1. The maximum absolute atomic E-state index is 15.0. The second-order valence-corrected chi connectivity index (χ2v) is 10.6. The molecule has 1 unspecified atom stereocenters. The number of aromatic nitrogens is 5. The van der Waals surface area contributed by atoms with Gasteiger partial charge in [-0.25, -0.2) is 4.39 Å². The molecule has 35 heavy (non-hydrogen) atoms. The molecule has 6 rings (SSSR count). The van der Waals surface area contributed by atoms with Gasteiger partial charge in [0.05, 0.1) is 12.2 Å². The lowest BCUT2D eigenvalue weighted by molar-refractivity contribution is 0.0753. The monoisotopic (exact) mass is 477 g/mol. The number of hydrogen-bond donors (Lipinski definition) is 1. The van der Waals surface area contributed by atoms with Gasteiger partial charge in [0, 0.05) is 53.7 Å². The van der Waals surface area contributed by atoms with Crippen LogP contribution in [-0.2, 0) is 13.6 Å². The van der Waals surface area contributed by atoms with Crippen LogP contribution in [0.4, 0.5) is 10.2 Å². The molecule has 3 aliphatic heterocycles. The summed E-state index contributed by atoms with van der Waals surface area (Å²) in [5.74, 6) is 0.0253. The highest BCUT2D eigenvalue weighted by molar-refractivity contribution is 6.10. The van der Waals surface area contributed by atoms with E-state index in [2.05, 4.69) is 39.6 Å². The normalized spacial score (nSPS) is 27.4. The molecule has 3 aromatic rings. The Balaban J connectivity index is 1.21. The van der Waals surface area contributed by atoms with Gasteiger partial charge in [0.1, 0.15) is 17.6 Å². The number of carbonyl (C=O) groups is 1. The van der Waals surface area contributed by atoms with Crippen LogP contribution in [0.5, 0.6) is 5.88 Å². The molecule has 1 amide bonds. The molecule has 5 heterocycles. The van der Waals surface area contributed by atoms with Gasteiger partial charge in [-0.3, -0.25) is 9.69 Å². The Morgan fingerprint density at radius 2 is 1.86 bits per heavy atom. The number of amides is 1. The number of ether oxygens (including phenoxy) is 1. The molecule has 2 saturated heterocycles. The number of anilines is 1. The van der Waals surface area contributed by atoms with Crippen molar-refractivity contribution in [1.29, 1.82) is 0 Å². The molecular formula is C25H28FN7O2. The average molecular weight is 478 g/mol. The van der Waals surface area contributed by atoms with Crippen LogP contribution in [0.1, 0.15) is 61.1 Å². The molecule has 10 heteroatoms. The number of carbonyl (C=O) groups excluding carboxylic acids is 1. The Kier molecular flexibility index (Phi) is 4.76. The molecule has 2 fully saturated rings. The SMILES string of the molecule is Cc1nn(C)nc1-c1cc(F)c2c(c1)C(=O)N(c1ccc(OC3C[C@]4(C)CC[C@](C)(C3)N4)nn1)C2. The van der Waals surface area contributed by atoms with Crippen LogP contribution in [0.25, 0.3) is 11.3 Å². The van der Waals surface area contributed by atoms with Crippen molar-refractivity contribution in [1.82, 2.24) is 30.5 Å². The number of hydrogen-bond acceptors (Lipinski definition) is 7. The zero-order valence-corrected chi connectivity index (χ0v) is 20.3. The first kappa shape index (κ1) is 22.1. The van der Waals surface area contributed by atoms with Gasteiger partial charge in [0.2, 0.25) is 5.88 Å². The lowest BCUT2D eigenvalue weighted by atomic mass is 9.86. The molecular weight excluding hydrogens is 449 g/mol. The van der Waals surface area contributed by atoms with Crippen molar-refractivity contribution in [3.05, 3.63) is 46.9 Å². The molecule has 0 spiro atoms. The largest absolute Gasteiger partial charge is 0.473 e. The molecule has 3 aliphatic rings. The lowest BCUT2D eigenvalue weighted by Crippen LogP contribution is -2.56. The molecule has 0 saturated carbocycles. The highest BCUT2D eigenvalue weighted by atomic mass is 19.1. The quantitative estimate of drug-likeness (QED) is 0.616. The van der Waals surface area contributed by atoms with E-state index in [9.17, 15) is 9.18 Å². The summed E-state index contributed by atoms with van der Waals surface area (Å²) in [6.45, 7) is 6.39. The molecule has 3 atom stereocenters. The van der Waals surface area contributed by atoms with Crippen LogP contribution in [0, 0.1) is 12.7 Å². The van der Waals surface area contributed by atoms with E-state index < -0.39 is 5.82 Å². The molecule has 1 aromatic carbocycles. The minimum absolute atomic E-state index is 0.0589. The second-order valence-electron chi connectivity index (χ2n) is 10.6. The summed E-state index contributed by atoms with van der Waals surface area (Å²) < 4.78 is 21.2. The maximum atomic E-state index is 15.0. The van der Waals surface area contributed by atoms with E-state index >= 15 is 0 Å². The fourth-order valence-corrected chi connectivity index (χ4v) is 6.02. The minimum Gasteiger partial charge on any atom is -0.473 e. The minimum atomic E-state index is -0.450. The summed E-state index contributed by atoms with van der Waals surface area (Å²) in [7, 11) is 1.70. The Hall–Kier alpha value is -3.40. The number of halogens is 1. The molecule has 2 bridgehead atoms. The molecule has 9 nitrogen and oxygen atoms in total. The lowest BCUT2D eigenvalue weighted by Gasteiger charge is -2.41. The Morgan fingerprint density at radius 3 is 2.49 bits per heavy atom. The predicted octanol–water partition coefficient (Wildman–Crippen LogP) is 3.32. The van der Waals surface area contributed by atoms with Crippen molar-refractivity contribution in [2.45, 2.75) is 70.2 Å². The van der Waals surface area contributed by atoms with E-state index in [0.717, 1.165) is 25.7 Å². The van der Waals surface area contributed by atoms with Crippen molar-refractivity contribution in [2.75, 3.05) is 4.90 Å². The fourth-order valence-electron chi connectivity index (χ4n) is 6.02. The summed E-state index contributed by atoms with van der Waals surface area (Å²) in [5, 5.41) is 20.7. The standard InChI is InChI=1S/C25H28FN7O2/c1-14-22(30-32(4)29-14)15-9-17-18(19(26)10-15)13-33(23(17)34)20-5-6-21(28-27-20)35-16-11-24(2)7-8-25(3,12-16)31-24/h5-6,9-10,16,31H,7-8,11-13H2,1-4H3/t16?,24-,25+. The number of benzene rings is 1. The van der Waals surface area contributed by atoms with E-state index in [-0.39, 0.29) is 29.6 Å². The molecule has 182 valence electrons. The van der Waals surface area contributed by atoms with E-state index in [1.807, 2.05) is 0 Å². The van der Waals surface area contributed by atoms with Crippen LogP contribution in [0.2, 0.25) is 0 Å². The van der Waals surface area contributed by atoms with Gasteiger partial charge in [-0.1, -0.05) is 0 Å².